The van der Waals surface area contributed by atoms with Gasteiger partial charge in [-0.15, -0.1) is 0 Å². The smallest absolute Gasteiger partial charge is 0.233 e. The largest absolute Gasteiger partial charge is 0.439 e. The number of para-hydroxylation sites is 1. The summed E-state index contributed by atoms with van der Waals surface area (Å²) < 4.78 is 5.58. The third kappa shape index (κ3) is 4.04. The minimum Gasteiger partial charge on any atom is -0.439 e. The van der Waals surface area contributed by atoms with Gasteiger partial charge in [-0.2, -0.15) is 4.98 Å². The zero-order valence-corrected chi connectivity index (χ0v) is 11.6. The van der Waals surface area contributed by atoms with Gasteiger partial charge in [0.05, 0.1) is 0 Å². The summed E-state index contributed by atoms with van der Waals surface area (Å²) in [7, 11) is 1.70. The molecule has 7 heteroatoms. The third-order valence-corrected chi connectivity index (χ3v) is 2.59. The molecule has 1 heterocycles. The van der Waals surface area contributed by atoms with E-state index < -0.39 is 0 Å². The fraction of sp³-hybridized carbons (Fsp3) is 0.0833. The molecule has 0 spiro atoms. The van der Waals surface area contributed by atoms with E-state index in [4.69, 9.17) is 28.6 Å². The Hall–Kier alpha value is -1.92. The van der Waals surface area contributed by atoms with Crippen LogP contribution in [0.3, 0.4) is 0 Å². The molecule has 2 rings (SSSR count). The average molecular weight is 295 g/mol. The summed E-state index contributed by atoms with van der Waals surface area (Å²) in [5, 5.41) is 6.21. The van der Waals surface area contributed by atoms with E-state index in [9.17, 15) is 0 Å². The van der Waals surface area contributed by atoms with Crippen LogP contribution in [-0.4, -0.2) is 22.1 Å². The Morgan fingerprint density at radius 3 is 2.68 bits per heavy atom. The number of aromatic nitrogens is 2. The molecule has 0 unspecified atom stereocenters. The molecule has 5 nitrogen and oxygen atoms in total. The number of hydrogen-bond donors (Lipinski definition) is 2. The molecule has 2 aromatic rings. The van der Waals surface area contributed by atoms with Crippen LogP contribution in [0, 0.1) is 0 Å². The van der Waals surface area contributed by atoms with Crippen molar-refractivity contribution in [3.05, 3.63) is 41.6 Å². The SMILES string of the molecule is CNC(=S)Nc1nc(Cl)cc(Oc2ccccc2)n1. The van der Waals surface area contributed by atoms with E-state index in [1.165, 1.54) is 6.07 Å². The molecule has 1 aromatic heterocycles. The molecular weight excluding hydrogens is 284 g/mol. The first-order valence-electron chi connectivity index (χ1n) is 5.43. The van der Waals surface area contributed by atoms with E-state index in [2.05, 4.69) is 20.6 Å². The van der Waals surface area contributed by atoms with Crippen molar-refractivity contribution >= 4 is 34.9 Å². The predicted octanol–water partition coefficient (Wildman–Crippen LogP) is 2.84. The van der Waals surface area contributed by atoms with E-state index in [-0.39, 0.29) is 11.1 Å². The first-order chi connectivity index (χ1) is 9.17. The van der Waals surface area contributed by atoms with Crippen molar-refractivity contribution in [1.82, 2.24) is 15.3 Å². The molecule has 0 saturated heterocycles. The van der Waals surface area contributed by atoms with Crippen LogP contribution in [0.5, 0.6) is 11.6 Å². The molecule has 0 saturated carbocycles. The van der Waals surface area contributed by atoms with Gasteiger partial charge < -0.3 is 15.4 Å². The highest BCUT2D eigenvalue weighted by Gasteiger charge is 2.06. The van der Waals surface area contributed by atoms with Crippen molar-refractivity contribution in [2.24, 2.45) is 0 Å². The second-order valence-corrected chi connectivity index (χ2v) is 4.27. The Labute approximate surface area is 121 Å². The van der Waals surface area contributed by atoms with Gasteiger partial charge >= 0.3 is 0 Å². The number of benzene rings is 1. The third-order valence-electron chi connectivity index (χ3n) is 2.09. The molecule has 0 bridgehead atoms. The van der Waals surface area contributed by atoms with Crippen molar-refractivity contribution in [2.75, 3.05) is 12.4 Å². The maximum Gasteiger partial charge on any atom is 0.233 e. The van der Waals surface area contributed by atoms with Crippen molar-refractivity contribution in [1.29, 1.82) is 0 Å². The fourth-order valence-corrected chi connectivity index (χ4v) is 1.54. The van der Waals surface area contributed by atoms with Gasteiger partial charge in [-0.05, 0) is 24.4 Å². The lowest BCUT2D eigenvalue weighted by Crippen LogP contribution is -2.25. The zero-order valence-electron chi connectivity index (χ0n) is 10.1. The first-order valence-corrected chi connectivity index (χ1v) is 6.22. The van der Waals surface area contributed by atoms with E-state index >= 15 is 0 Å². The van der Waals surface area contributed by atoms with Crippen molar-refractivity contribution in [2.45, 2.75) is 0 Å². The number of thiocarbonyl (C=S) groups is 1. The lowest BCUT2D eigenvalue weighted by molar-refractivity contribution is 0.462. The molecule has 19 heavy (non-hydrogen) atoms. The molecule has 0 amide bonds. The summed E-state index contributed by atoms with van der Waals surface area (Å²) in [6.07, 6.45) is 0. The average Bonchev–Trinajstić information content (AvgIpc) is 2.39. The lowest BCUT2D eigenvalue weighted by Gasteiger charge is -2.08. The molecule has 2 N–H and O–H groups in total. The Balaban J connectivity index is 2.19. The molecule has 0 aliphatic rings. The number of ether oxygens (including phenoxy) is 1. The van der Waals surface area contributed by atoms with Crippen LogP contribution < -0.4 is 15.4 Å². The molecule has 0 fully saturated rings. The zero-order chi connectivity index (χ0) is 13.7. The maximum atomic E-state index is 5.91. The van der Waals surface area contributed by atoms with Crippen LogP contribution in [0.1, 0.15) is 0 Å². The topological polar surface area (TPSA) is 59.1 Å². The van der Waals surface area contributed by atoms with Gasteiger partial charge in [0, 0.05) is 13.1 Å². The second kappa shape index (κ2) is 6.31. The molecule has 1 aromatic carbocycles. The van der Waals surface area contributed by atoms with E-state index in [0.717, 1.165) is 0 Å². The van der Waals surface area contributed by atoms with Crippen molar-refractivity contribution in [3.63, 3.8) is 0 Å². The van der Waals surface area contributed by atoms with Crippen molar-refractivity contribution < 1.29 is 4.74 Å². The van der Waals surface area contributed by atoms with Gasteiger partial charge in [-0.25, -0.2) is 4.98 Å². The van der Waals surface area contributed by atoms with Crippen LogP contribution in [0.2, 0.25) is 5.15 Å². The van der Waals surface area contributed by atoms with Crippen LogP contribution in [-0.2, 0) is 0 Å². The van der Waals surface area contributed by atoms with E-state index in [1.54, 1.807) is 7.05 Å². The predicted molar refractivity (Wildman–Crippen MR) is 78.8 cm³/mol. The summed E-state index contributed by atoms with van der Waals surface area (Å²) in [6.45, 7) is 0. The summed E-state index contributed by atoms with van der Waals surface area (Å²) in [4.78, 5) is 8.16. The molecule has 0 aliphatic carbocycles. The highest BCUT2D eigenvalue weighted by Crippen LogP contribution is 2.22. The van der Waals surface area contributed by atoms with E-state index in [1.807, 2.05) is 30.3 Å². The highest BCUT2D eigenvalue weighted by molar-refractivity contribution is 7.80. The first kappa shape index (κ1) is 13.5. The normalized spacial score (nSPS) is 9.79. The van der Waals surface area contributed by atoms with Gasteiger partial charge in [-0.3, -0.25) is 0 Å². The monoisotopic (exact) mass is 294 g/mol. The minimum atomic E-state index is 0.266. The molecule has 0 aliphatic heterocycles. The number of nitrogens with one attached hydrogen (secondary N) is 2. The van der Waals surface area contributed by atoms with E-state index in [0.29, 0.717) is 16.7 Å². The van der Waals surface area contributed by atoms with Gasteiger partial charge in [0.15, 0.2) is 5.11 Å². The number of rotatable bonds is 3. The highest BCUT2D eigenvalue weighted by atomic mass is 35.5. The molecular formula is C12H11ClN4OS. The summed E-state index contributed by atoms with van der Waals surface area (Å²) in [5.74, 6) is 1.28. The molecule has 0 atom stereocenters. The standard InChI is InChI=1S/C12H11ClN4OS/c1-14-12(19)17-11-15-9(13)7-10(16-11)18-8-5-3-2-4-6-8/h2-7H,1H3,(H2,14,15,16,17,19). The molecule has 0 radical (unpaired) electrons. The Morgan fingerprint density at radius 2 is 2.00 bits per heavy atom. The van der Waals surface area contributed by atoms with Crippen LogP contribution in [0.25, 0.3) is 0 Å². The number of halogens is 1. The number of hydrogen-bond acceptors (Lipinski definition) is 4. The Bertz CT molecular complexity index is 579. The fourth-order valence-electron chi connectivity index (χ4n) is 1.28. The van der Waals surface area contributed by atoms with Crippen molar-refractivity contribution in [3.8, 4) is 11.6 Å². The van der Waals surface area contributed by atoms with Gasteiger partial charge in [0.2, 0.25) is 11.8 Å². The summed E-state index contributed by atoms with van der Waals surface area (Å²) in [6, 6.07) is 10.8. The van der Waals surface area contributed by atoms with Gasteiger partial charge in [-0.1, -0.05) is 29.8 Å². The molecule has 98 valence electrons. The minimum absolute atomic E-state index is 0.266. The Morgan fingerprint density at radius 1 is 1.26 bits per heavy atom. The second-order valence-electron chi connectivity index (χ2n) is 3.47. The Kier molecular flexibility index (Phi) is 4.48. The van der Waals surface area contributed by atoms with Crippen LogP contribution >= 0.6 is 23.8 Å². The van der Waals surface area contributed by atoms with Crippen LogP contribution in [0.4, 0.5) is 5.95 Å². The number of anilines is 1. The number of nitrogens with zero attached hydrogens (tertiary/aromatic N) is 2. The summed E-state index contributed by atoms with van der Waals surface area (Å²) in [5.41, 5.74) is 0. The quantitative estimate of drug-likeness (QED) is 0.670. The maximum absolute atomic E-state index is 5.91. The lowest BCUT2D eigenvalue weighted by atomic mass is 10.3. The van der Waals surface area contributed by atoms with Crippen LogP contribution in [0.15, 0.2) is 36.4 Å². The summed E-state index contributed by atoms with van der Waals surface area (Å²) >= 11 is 10.9. The van der Waals surface area contributed by atoms with Gasteiger partial charge in [0.25, 0.3) is 0 Å². The van der Waals surface area contributed by atoms with Gasteiger partial charge in [0.1, 0.15) is 10.9 Å².